The molecule has 2 nitrogen and oxygen atoms in total. The van der Waals surface area contributed by atoms with Crippen molar-refractivity contribution in [1.82, 2.24) is 5.32 Å². The van der Waals surface area contributed by atoms with Gasteiger partial charge in [0.1, 0.15) is 5.82 Å². The van der Waals surface area contributed by atoms with Crippen molar-refractivity contribution in [3.8, 4) is 0 Å². The first-order valence-electron chi connectivity index (χ1n) is 6.26. The van der Waals surface area contributed by atoms with Gasteiger partial charge >= 0.3 is 0 Å². The van der Waals surface area contributed by atoms with Crippen LogP contribution in [0.3, 0.4) is 0 Å². The van der Waals surface area contributed by atoms with E-state index in [4.69, 9.17) is 4.74 Å². The van der Waals surface area contributed by atoms with Gasteiger partial charge in [0, 0.05) is 17.6 Å². The third-order valence-electron chi connectivity index (χ3n) is 2.92. The Morgan fingerprint density at radius 2 is 2.11 bits per heavy atom. The number of ether oxygens (including phenoxy) is 1. The largest absolute Gasteiger partial charge is 0.382 e. The molecule has 0 spiro atoms. The van der Waals surface area contributed by atoms with Crippen LogP contribution in [0.25, 0.3) is 0 Å². The number of rotatable bonds is 7. The van der Waals surface area contributed by atoms with Gasteiger partial charge < -0.3 is 10.1 Å². The fraction of sp³-hybridized carbons (Fsp3) is 0.571. The van der Waals surface area contributed by atoms with E-state index >= 15 is 0 Å². The number of benzene rings is 1. The second-order valence-corrected chi connectivity index (χ2v) is 5.43. The lowest BCUT2D eigenvalue weighted by molar-refractivity contribution is 0.101. The average molecular weight is 318 g/mol. The Kier molecular flexibility index (Phi) is 6.82. The zero-order chi connectivity index (χ0) is 13.5. The monoisotopic (exact) mass is 317 g/mol. The maximum absolute atomic E-state index is 13.3. The summed E-state index contributed by atoms with van der Waals surface area (Å²) in [5.41, 5.74) is 0.996. The zero-order valence-corrected chi connectivity index (χ0v) is 12.8. The summed E-state index contributed by atoms with van der Waals surface area (Å²) in [6, 6.07) is 5.33. The molecular formula is C14H21BrFNO. The molecule has 0 aliphatic carbocycles. The minimum atomic E-state index is -0.200. The first-order valence-corrected chi connectivity index (χ1v) is 7.05. The maximum Gasteiger partial charge on any atom is 0.124 e. The lowest BCUT2D eigenvalue weighted by atomic mass is 10.0. The smallest absolute Gasteiger partial charge is 0.124 e. The van der Waals surface area contributed by atoms with Crippen LogP contribution in [-0.2, 0) is 11.2 Å². The standard InChI is InChI=1S/C14H21BrFNO/c1-4-17-14(5-10(2)18-3)8-11-6-12(15)9-13(16)7-11/h6-7,9-10,14,17H,4-5,8H2,1-3H3. The van der Waals surface area contributed by atoms with E-state index in [-0.39, 0.29) is 11.9 Å². The van der Waals surface area contributed by atoms with Crippen molar-refractivity contribution in [3.05, 3.63) is 34.1 Å². The van der Waals surface area contributed by atoms with Crippen LogP contribution in [0.4, 0.5) is 4.39 Å². The number of likely N-dealkylation sites (N-methyl/N-ethyl adjacent to an activating group) is 1. The fourth-order valence-electron chi connectivity index (χ4n) is 2.04. The molecule has 0 aliphatic heterocycles. The van der Waals surface area contributed by atoms with Gasteiger partial charge in [-0.1, -0.05) is 22.9 Å². The molecule has 0 fully saturated rings. The van der Waals surface area contributed by atoms with Gasteiger partial charge in [-0.25, -0.2) is 4.39 Å². The first-order chi connectivity index (χ1) is 8.55. The van der Waals surface area contributed by atoms with Crippen LogP contribution in [0.5, 0.6) is 0 Å². The summed E-state index contributed by atoms with van der Waals surface area (Å²) in [4.78, 5) is 0. The molecule has 0 aromatic heterocycles. The molecule has 1 N–H and O–H groups in total. The van der Waals surface area contributed by atoms with Crippen LogP contribution < -0.4 is 5.32 Å². The number of methoxy groups -OCH3 is 1. The summed E-state index contributed by atoms with van der Waals surface area (Å²) < 4.78 is 19.4. The Morgan fingerprint density at radius 1 is 1.39 bits per heavy atom. The molecule has 0 radical (unpaired) electrons. The molecule has 0 saturated carbocycles. The quantitative estimate of drug-likeness (QED) is 0.830. The first kappa shape index (κ1) is 15.6. The van der Waals surface area contributed by atoms with Crippen LogP contribution in [-0.4, -0.2) is 25.8 Å². The Bertz CT molecular complexity index is 353. The van der Waals surface area contributed by atoms with Gasteiger partial charge in [0.15, 0.2) is 0 Å². The Hall–Kier alpha value is -0.450. The van der Waals surface area contributed by atoms with Gasteiger partial charge in [0.2, 0.25) is 0 Å². The summed E-state index contributed by atoms with van der Waals surface area (Å²) in [5.74, 6) is -0.200. The van der Waals surface area contributed by atoms with E-state index in [0.29, 0.717) is 6.04 Å². The summed E-state index contributed by atoms with van der Waals surface area (Å²) in [6.07, 6.45) is 1.92. The van der Waals surface area contributed by atoms with E-state index in [1.807, 2.05) is 13.0 Å². The van der Waals surface area contributed by atoms with Crippen molar-refractivity contribution < 1.29 is 9.13 Å². The summed E-state index contributed by atoms with van der Waals surface area (Å²) in [6.45, 7) is 5.02. The minimum absolute atomic E-state index is 0.200. The molecule has 1 aromatic carbocycles. The van der Waals surface area contributed by atoms with E-state index in [2.05, 4.69) is 28.2 Å². The predicted octanol–water partition coefficient (Wildman–Crippen LogP) is 3.53. The topological polar surface area (TPSA) is 21.3 Å². The van der Waals surface area contributed by atoms with E-state index in [1.165, 1.54) is 6.07 Å². The number of nitrogens with one attached hydrogen (secondary N) is 1. The van der Waals surface area contributed by atoms with Crippen molar-refractivity contribution in [1.29, 1.82) is 0 Å². The average Bonchev–Trinajstić information content (AvgIpc) is 2.27. The highest BCUT2D eigenvalue weighted by atomic mass is 79.9. The second-order valence-electron chi connectivity index (χ2n) is 4.52. The Labute approximate surface area is 117 Å². The van der Waals surface area contributed by atoms with Crippen molar-refractivity contribution >= 4 is 15.9 Å². The third kappa shape index (κ3) is 5.46. The van der Waals surface area contributed by atoms with Crippen LogP contribution in [0, 0.1) is 5.82 Å². The lowest BCUT2D eigenvalue weighted by Gasteiger charge is -2.21. The molecule has 0 amide bonds. The van der Waals surface area contributed by atoms with Gasteiger partial charge in [-0.2, -0.15) is 0 Å². The maximum atomic E-state index is 13.3. The minimum Gasteiger partial charge on any atom is -0.382 e. The number of hydrogen-bond acceptors (Lipinski definition) is 2. The second kappa shape index (κ2) is 7.87. The molecule has 0 aliphatic rings. The SMILES string of the molecule is CCNC(Cc1cc(F)cc(Br)c1)CC(C)OC. The van der Waals surface area contributed by atoms with Crippen LogP contribution in [0.15, 0.2) is 22.7 Å². The van der Waals surface area contributed by atoms with Gasteiger partial charge in [-0.15, -0.1) is 0 Å². The Morgan fingerprint density at radius 3 is 2.67 bits per heavy atom. The van der Waals surface area contributed by atoms with Gasteiger partial charge in [-0.3, -0.25) is 0 Å². The lowest BCUT2D eigenvalue weighted by Crippen LogP contribution is -2.34. The van der Waals surface area contributed by atoms with E-state index in [0.717, 1.165) is 29.4 Å². The molecule has 2 unspecified atom stereocenters. The van der Waals surface area contributed by atoms with E-state index < -0.39 is 0 Å². The third-order valence-corrected chi connectivity index (χ3v) is 3.37. The molecule has 2 atom stereocenters. The van der Waals surface area contributed by atoms with Gasteiger partial charge in [-0.05, 0) is 50.1 Å². The van der Waals surface area contributed by atoms with E-state index in [1.54, 1.807) is 13.2 Å². The highest BCUT2D eigenvalue weighted by molar-refractivity contribution is 9.10. The van der Waals surface area contributed by atoms with Crippen molar-refractivity contribution in [2.75, 3.05) is 13.7 Å². The molecular weight excluding hydrogens is 297 g/mol. The Balaban J connectivity index is 2.69. The fourth-order valence-corrected chi connectivity index (χ4v) is 2.55. The van der Waals surface area contributed by atoms with Crippen molar-refractivity contribution in [2.45, 2.75) is 38.8 Å². The van der Waals surface area contributed by atoms with Crippen LogP contribution in [0.2, 0.25) is 0 Å². The molecule has 102 valence electrons. The molecule has 0 heterocycles. The summed E-state index contributed by atoms with van der Waals surface area (Å²) in [5, 5.41) is 3.42. The molecule has 0 bridgehead atoms. The molecule has 18 heavy (non-hydrogen) atoms. The normalized spacial score (nSPS) is 14.5. The van der Waals surface area contributed by atoms with Gasteiger partial charge in [0.05, 0.1) is 6.10 Å². The molecule has 1 rings (SSSR count). The highest BCUT2D eigenvalue weighted by Gasteiger charge is 2.13. The molecule has 0 saturated heterocycles. The molecule has 1 aromatic rings. The van der Waals surface area contributed by atoms with Crippen molar-refractivity contribution in [3.63, 3.8) is 0 Å². The summed E-state index contributed by atoms with van der Waals surface area (Å²) >= 11 is 3.32. The number of halogens is 2. The highest BCUT2D eigenvalue weighted by Crippen LogP contribution is 2.17. The van der Waals surface area contributed by atoms with Gasteiger partial charge in [0.25, 0.3) is 0 Å². The van der Waals surface area contributed by atoms with Crippen LogP contribution >= 0.6 is 15.9 Å². The van der Waals surface area contributed by atoms with Crippen molar-refractivity contribution in [2.24, 2.45) is 0 Å². The zero-order valence-electron chi connectivity index (χ0n) is 11.2. The van der Waals surface area contributed by atoms with Crippen LogP contribution in [0.1, 0.15) is 25.8 Å². The molecule has 4 heteroatoms. The van der Waals surface area contributed by atoms with E-state index in [9.17, 15) is 4.39 Å². The summed E-state index contributed by atoms with van der Waals surface area (Å²) in [7, 11) is 1.71. The predicted molar refractivity (Wildman–Crippen MR) is 76.4 cm³/mol. The number of hydrogen-bond donors (Lipinski definition) is 1.